The van der Waals surface area contributed by atoms with Gasteiger partial charge in [0.1, 0.15) is 24.0 Å². The van der Waals surface area contributed by atoms with Crippen LogP contribution in [0.1, 0.15) is 140 Å². The van der Waals surface area contributed by atoms with Gasteiger partial charge in [0.15, 0.2) is 18.2 Å². The van der Waals surface area contributed by atoms with Crippen LogP contribution in [0.25, 0.3) is 0 Å². The molecule has 0 radical (unpaired) electrons. The number of esters is 2. The normalized spacial score (nSPS) is 20.0. The van der Waals surface area contributed by atoms with Crippen molar-refractivity contribution in [3.05, 3.63) is 117 Å². The second-order valence-electron chi connectivity index (χ2n) is 26.2. The number of aliphatic carboxylic acids is 1. The third-order valence-electron chi connectivity index (χ3n) is 16.8. The maximum absolute atomic E-state index is 14.0. The van der Waals surface area contributed by atoms with Gasteiger partial charge in [-0.25, -0.2) is 4.79 Å². The minimum Gasteiger partial charge on any atom is -0.481 e. The van der Waals surface area contributed by atoms with Crippen LogP contribution in [-0.4, -0.2) is 178 Å². The Morgan fingerprint density at radius 2 is 1.42 bits per heavy atom. The van der Waals surface area contributed by atoms with Crippen molar-refractivity contribution in [2.75, 3.05) is 73.0 Å². The number of hydrogen-bond donors (Lipinski definition) is 5. The zero-order chi connectivity index (χ0) is 70.5. The van der Waals surface area contributed by atoms with Gasteiger partial charge in [0.25, 0.3) is 0 Å². The SMILES string of the molecule is COCCOCCOCCOCCC(=O)N(CCC(=O)O)CCC(=O)C[C@H](C(=O)N[C@@H](C)C(=O)Cc1ccc(COC(O)CCc2ccc([C@H]3O[C@@H]3[C@@H](C)[C@@H]3C/C=C/C(=O)N[C@H](Cc4ccc(C)c(Cl)c4)C(=O)NCC(C)(C)C(=O)O[C@@H](CC(C)C)C(=O)O3)cc2)cc1)C(C)C. The Hall–Kier alpha value is -6.96. The molecule has 0 saturated carbocycles. The Morgan fingerprint density at radius 3 is 2.05 bits per heavy atom. The van der Waals surface area contributed by atoms with Crippen LogP contribution >= 0.6 is 11.6 Å². The summed E-state index contributed by atoms with van der Waals surface area (Å²) in [7, 11) is 1.59. The molecule has 1 unspecified atom stereocenters. The Morgan fingerprint density at radius 1 is 0.792 bits per heavy atom. The summed E-state index contributed by atoms with van der Waals surface area (Å²) in [6.07, 6.45) is -0.206. The largest absolute Gasteiger partial charge is 0.481 e. The first-order valence-corrected chi connectivity index (χ1v) is 33.6. The third kappa shape index (κ3) is 28.2. The van der Waals surface area contributed by atoms with E-state index in [1.807, 2.05) is 64.1 Å². The van der Waals surface area contributed by atoms with Crippen LogP contribution < -0.4 is 16.0 Å². The number of ether oxygens (including phenoxy) is 8. The van der Waals surface area contributed by atoms with E-state index in [1.165, 1.54) is 11.0 Å². The Kier molecular flexibility index (Phi) is 33.8. The van der Waals surface area contributed by atoms with Gasteiger partial charge in [-0.15, -0.1) is 0 Å². The number of hydrogen-bond acceptors (Lipinski definition) is 18. The highest BCUT2D eigenvalue weighted by Crippen LogP contribution is 2.45. The van der Waals surface area contributed by atoms with Gasteiger partial charge in [-0.05, 0) is 97.9 Å². The first-order valence-electron chi connectivity index (χ1n) is 33.2. The van der Waals surface area contributed by atoms with E-state index in [4.69, 9.17) is 49.5 Å². The van der Waals surface area contributed by atoms with Gasteiger partial charge < -0.3 is 69.0 Å². The molecule has 0 aliphatic carbocycles. The second-order valence-corrected chi connectivity index (χ2v) is 26.6. The number of cyclic esters (lactones) is 2. The molecule has 96 heavy (non-hydrogen) atoms. The number of aryl methyl sites for hydroxylation is 2. The van der Waals surface area contributed by atoms with Crippen molar-refractivity contribution < 1.29 is 91.3 Å². The van der Waals surface area contributed by atoms with Crippen LogP contribution in [0, 0.1) is 36.0 Å². The topological polar surface area (TPSA) is 311 Å². The smallest absolute Gasteiger partial charge is 0.347 e. The fourth-order valence-corrected chi connectivity index (χ4v) is 10.7. The molecule has 5 rings (SSSR count). The maximum Gasteiger partial charge on any atom is 0.347 e. The quantitative estimate of drug-likeness (QED) is 0.0160. The van der Waals surface area contributed by atoms with Gasteiger partial charge >= 0.3 is 17.9 Å². The number of carboxylic acid groups (broad SMARTS) is 1. The van der Waals surface area contributed by atoms with Gasteiger partial charge in [-0.1, -0.05) is 113 Å². The molecule has 0 spiro atoms. The van der Waals surface area contributed by atoms with Gasteiger partial charge in [0, 0.05) is 82.1 Å². The van der Waals surface area contributed by atoms with Crippen molar-refractivity contribution in [2.24, 2.45) is 29.1 Å². The number of carbonyl (C=O) groups excluding carboxylic acids is 8. The Labute approximate surface area is 569 Å². The fraction of sp³-hybridized carbons (Fsp3) is 0.597. The summed E-state index contributed by atoms with van der Waals surface area (Å²) in [5.41, 5.74) is 3.63. The number of methoxy groups -OCH3 is 1. The molecule has 2 heterocycles. The first kappa shape index (κ1) is 79.7. The number of rotatable bonds is 39. The molecule has 9 atom stereocenters. The molecule has 4 amide bonds. The van der Waals surface area contributed by atoms with Crippen LogP contribution in [0.3, 0.4) is 0 Å². The first-order chi connectivity index (χ1) is 45.6. The number of halogens is 1. The van der Waals surface area contributed by atoms with E-state index in [9.17, 15) is 53.4 Å². The number of carbonyl (C=O) groups is 9. The Balaban J connectivity index is 1.07. The van der Waals surface area contributed by atoms with E-state index < -0.39 is 77.5 Å². The maximum atomic E-state index is 14.0. The average Bonchev–Trinajstić information content (AvgIpc) is 1.63. The van der Waals surface area contributed by atoms with E-state index in [0.29, 0.717) is 56.5 Å². The minimum atomic E-state index is -1.26. The van der Waals surface area contributed by atoms with Crippen LogP contribution in [0.4, 0.5) is 0 Å². The zero-order valence-electron chi connectivity index (χ0n) is 57.4. The molecule has 1 fully saturated rings. The molecular weight excluding hydrogens is 1260 g/mol. The second kappa shape index (κ2) is 40.7. The summed E-state index contributed by atoms with van der Waals surface area (Å²) in [6, 6.07) is 18.5. The fourth-order valence-electron chi connectivity index (χ4n) is 10.5. The van der Waals surface area contributed by atoms with Gasteiger partial charge in [-0.2, -0.15) is 0 Å². The highest BCUT2D eigenvalue weighted by Gasteiger charge is 2.48. The number of ketones is 2. The Bertz CT molecular complexity index is 3050. The lowest BCUT2D eigenvalue weighted by Gasteiger charge is -2.29. The number of aliphatic hydroxyl groups is 1. The monoisotopic (exact) mass is 1360 g/mol. The average molecular weight is 1360 g/mol. The van der Waals surface area contributed by atoms with Crippen molar-refractivity contribution in [1.29, 1.82) is 0 Å². The summed E-state index contributed by atoms with van der Waals surface area (Å²) in [5.74, 6) is -6.37. The number of amides is 4. The summed E-state index contributed by atoms with van der Waals surface area (Å²) in [4.78, 5) is 121. The lowest BCUT2D eigenvalue weighted by Crippen LogP contribution is -2.51. The molecule has 1 saturated heterocycles. The lowest BCUT2D eigenvalue weighted by atomic mass is 9.88. The lowest BCUT2D eigenvalue weighted by molar-refractivity contribution is -0.179. The van der Waals surface area contributed by atoms with Crippen molar-refractivity contribution in [2.45, 2.75) is 176 Å². The predicted octanol–water partition coefficient (Wildman–Crippen LogP) is 7.52. The predicted molar refractivity (Wildman–Crippen MR) is 357 cm³/mol. The van der Waals surface area contributed by atoms with Crippen LogP contribution in [-0.2, 0) is 107 Å². The number of aliphatic hydroxyl groups excluding tert-OH is 1. The molecule has 24 heteroatoms. The van der Waals surface area contributed by atoms with E-state index in [1.54, 1.807) is 78.1 Å². The van der Waals surface area contributed by atoms with Crippen molar-refractivity contribution >= 4 is 64.7 Å². The number of nitrogens with zero attached hydrogens (tertiary/aromatic N) is 1. The zero-order valence-corrected chi connectivity index (χ0v) is 58.1. The summed E-state index contributed by atoms with van der Waals surface area (Å²) >= 11 is 6.40. The number of epoxide rings is 1. The van der Waals surface area contributed by atoms with Gasteiger partial charge in [0.2, 0.25) is 23.6 Å². The van der Waals surface area contributed by atoms with Crippen molar-refractivity contribution in [3.63, 3.8) is 0 Å². The standard InChI is InChI=1S/C72H101ClN4O19/c1-45(2)38-61-70(87)94-60(12-11-13-62(80)76-58(40-53-15-14-47(5)57(73)39-53)69(86)74-44-72(8,9)71(88)95-61)48(6)66-67(96-66)54-23-20-50(21-24-54)22-25-65(84)93-43-52-18-16-51(17-19-52)41-59(79)49(7)75-68(85)56(46(3)4)42-55(78)26-29-77(30-27-64(82)83)63(81)28-31-90-34-35-92-37-36-91-33-32-89-10/h11,13-21,23-24,39,45-46,48-49,56,58,60-61,65-67,84H,12,22,25-38,40-44H2,1-10H3,(H,74,86)(H,75,85)(H,76,80)(H,82,83)/b13-11+/t48-,49-,56-,58+,60-,61-,65?,66+,67+/m0/s1. The highest BCUT2D eigenvalue weighted by atomic mass is 35.5. The number of Topliss-reactive ketones (excluding diaryl/α,β-unsaturated/α-hetero) is 2. The molecule has 530 valence electrons. The van der Waals surface area contributed by atoms with E-state index in [2.05, 4.69) is 16.0 Å². The molecule has 3 aromatic carbocycles. The van der Waals surface area contributed by atoms with Crippen molar-refractivity contribution in [1.82, 2.24) is 20.9 Å². The molecule has 2 aliphatic heterocycles. The van der Waals surface area contributed by atoms with E-state index in [0.717, 1.165) is 27.8 Å². The molecule has 3 aromatic rings. The van der Waals surface area contributed by atoms with Crippen LogP contribution in [0.5, 0.6) is 0 Å². The summed E-state index contributed by atoms with van der Waals surface area (Å²) in [6.45, 7) is 18.2. The molecule has 5 N–H and O–H groups in total. The van der Waals surface area contributed by atoms with E-state index in [-0.39, 0.29) is 138 Å². The van der Waals surface area contributed by atoms with Gasteiger partial charge in [-0.3, -0.25) is 38.4 Å². The van der Waals surface area contributed by atoms with Gasteiger partial charge in [0.05, 0.1) is 83.3 Å². The number of carboxylic acids is 1. The third-order valence-corrected chi connectivity index (χ3v) is 17.2. The molecular formula is C72H101ClN4O19. The number of benzene rings is 3. The molecule has 0 aromatic heterocycles. The molecule has 2 aliphatic rings. The number of nitrogens with one attached hydrogen (secondary N) is 3. The summed E-state index contributed by atoms with van der Waals surface area (Å²) in [5, 5.41) is 29.0. The highest BCUT2D eigenvalue weighted by molar-refractivity contribution is 6.31. The summed E-state index contributed by atoms with van der Waals surface area (Å²) < 4.78 is 45.2. The van der Waals surface area contributed by atoms with E-state index >= 15 is 0 Å². The molecule has 0 bridgehead atoms. The van der Waals surface area contributed by atoms with Crippen LogP contribution in [0.15, 0.2) is 78.9 Å². The van der Waals surface area contributed by atoms with Crippen molar-refractivity contribution in [3.8, 4) is 0 Å². The molecule has 23 nitrogen and oxygen atoms in total. The minimum absolute atomic E-state index is 0.0212. The van der Waals surface area contributed by atoms with Crippen LogP contribution in [0.2, 0.25) is 5.02 Å².